The van der Waals surface area contributed by atoms with E-state index >= 15 is 0 Å². The standard InChI is InChI=1S/C16H22N2O3/c1-3-21-15-9-5-4-8-14(15)17-16(20)13-7-6-10-18(11-13)12(2)19/h4-5,8-9,13H,3,6-7,10-11H2,1-2H3,(H,17,20). The summed E-state index contributed by atoms with van der Waals surface area (Å²) in [6.45, 7) is 5.25. The maximum atomic E-state index is 12.4. The summed E-state index contributed by atoms with van der Waals surface area (Å²) >= 11 is 0. The van der Waals surface area contributed by atoms with E-state index < -0.39 is 0 Å². The van der Waals surface area contributed by atoms with Crippen LogP contribution in [-0.2, 0) is 9.59 Å². The van der Waals surface area contributed by atoms with Gasteiger partial charge in [-0.3, -0.25) is 9.59 Å². The second-order valence-corrected chi connectivity index (χ2v) is 5.22. The van der Waals surface area contributed by atoms with Crippen molar-refractivity contribution in [3.8, 4) is 5.75 Å². The summed E-state index contributed by atoms with van der Waals surface area (Å²) in [7, 11) is 0. The third-order valence-corrected chi connectivity index (χ3v) is 3.68. The second kappa shape index (κ2) is 7.11. The van der Waals surface area contributed by atoms with E-state index in [-0.39, 0.29) is 17.7 Å². The first-order chi connectivity index (χ1) is 10.1. The van der Waals surface area contributed by atoms with Crippen LogP contribution in [0.2, 0.25) is 0 Å². The molecule has 2 rings (SSSR count). The molecule has 0 radical (unpaired) electrons. The molecule has 0 spiro atoms. The molecule has 0 saturated carbocycles. The van der Waals surface area contributed by atoms with Gasteiger partial charge >= 0.3 is 0 Å². The zero-order chi connectivity index (χ0) is 15.2. The van der Waals surface area contributed by atoms with E-state index in [9.17, 15) is 9.59 Å². The summed E-state index contributed by atoms with van der Waals surface area (Å²) in [5.74, 6) is 0.500. The minimum absolute atomic E-state index is 0.0298. The highest BCUT2D eigenvalue weighted by Gasteiger charge is 2.27. The fraction of sp³-hybridized carbons (Fsp3) is 0.500. The van der Waals surface area contributed by atoms with Gasteiger partial charge in [0.15, 0.2) is 0 Å². The van der Waals surface area contributed by atoms with Crippen molar-refractivity contribution in [3.05, 3.63) is 24.3 Å². The van der Waals surface area contributed by atoms with Crippen molar-refractivity contribution in [2.45, 2.75) is 26.7 Å². The molecule has 1 aliphatic rings. The molecule has 1 saturated heterocycles. The SMILES string of the molecule is CCOc1ccccc1NC(=O)C1CCCN(C(C)=O)C1. The van der Waals surface area contributed by atoms with Crippen molar-refractivity contribution in [2.24, 2.45) is 5.92 Å². The number of ether oxygens (including phenoxy) is 1. The molecule has 0 bridgehead atoms. The molecule has 5 heteroatoms. The van der Waals surface area contributed by atoms with Gasteiger partial charge in [-0.2, -0.15) is 0 Å². The second-order valence-electron chi connectivity index (χ2n) is 5.22. The van der Waals surface area contributed by atoms with Crippen molar-refractivity contribution in [1.82, 2.24) is 4.90 Å². The summed E-state index contributed by atoms with van der Waals surface area (Å²) in [4.78, 5) is 25.6. The number of para-hydroxylation sites is 2. The number of anilines is 1. The fourth-order valence-electron chi connectivity index (χ4n) is 2.56. The van der Waals surface area contributed by atoms with E-state index in [0.29, 0.717) is 24.6 Å². The Morgan fingerprint density at radius 3 is 2.86 bits per heavy atom. The van der Waals surface area contributed by atoms with Crippen LogP contribution < -0.4 is 10.1 Å². The van der Waals surface area contributed by atoms with E-state index in [4.69, 9.17) is 4.74 Å². The lowest BCUT2D eigenvalue weighted by atomic mass is 9.97. The highest BCUT2D eigenvalue weighted by molar-refractivity contribution is 5.94. The van der Waals surface area contributed by atoms with Crippen molar-refractivity contribution in [1.29, 1.82) is 0 Å². The molecule has 1 N–H and O–H groups in total. The van der Waals surface area contributed by atoms with E-state index in [1.807, 2.05) is 31.2 Å². The first-order valence-electron chi connectivity index (χ1n) is 7.40. The molecular weight excluding hydrogens is 268 g/mol. The summed E-state index contributed by atoms with van der Waals surface area (Å²) in [6, 6.07) is 7.40. The van der Waals surface area contributed by atoms with Gasteiger partial charge < -0.3 is 15.0 Å². The molecule has 0 aliphatic carbocycles. The zero-order valence-corrected chi connectivity index (χ0v) is 12.6. The molecule has 5 nitrogen and oxygen atoms in total. The lowest BCUT2D eigenvalue weighted by Crippen LogP contribution is -2.42. The molecule has 2 amide bonds. The number of likely N-dealkylation sites (tertiary alicyclic amines) is 1. The van der Waals surface area contributed by atoms with E-state index in [1.54, 1.807) is 11.8 Å². The van der Waals surface area contributed by atoms with Gasteiger partial charge in [-0.05, 0) is 31.9 Å². The number of nitrogens with one attached hydrogen (secondary N) is 1. The molecule has 1 aromatic rings. The van der Waals surface area contributed by atoms with Gasteiger partial charge in [0.2, 0.25) is 11.8 Å². The first-order valence-corrected chi connectivity index (χ1v) is 7.40. The summed E-state index contributed by atoms with van der Waals surface area (Å²) < 4.78 is 5.51. The largest absolute Gasteiger partial charge is 0.492 e. The third-order valence-electron chi connectivity index (χ3n) is 3.68. The topological polar surface area (TPSA) is 58.6 Å². The average Bonchev–Trinajstić information content (AvgIpc) is 2.49. The molecule has 1 unspecified atom stereocenters. The summed E-state index contributed by atoms with van der Waals surface area (Å²) in [5.41, 5.74) is 0.685. The van der Waals surface area contributed by atoms with E-state index in [0.717, 1.165) is 19.4 Å². The maximum Gasteiger partial charge on any atom is 0.229 e. The van der Waals surface area contributed by atoms with Crippen LogP contribution in [0.1, 0.15) is 26.7 Å². The van der Waals surface area contributed by atoms with Gasteiger partial charge in [0.1, 0.15) is 5.75 Å². The Balaban J connectivity index is 2.02. The number of nitrogens with zero attached hydrogens (tertiary/aromatic N) is 1. The van der Waals surface area contributed by atoms with Crippen molar-refractivity contribution < 1.29 is 14.3 Å². The Labute approximate surface area is 125 Å². The molecule has 1 atom stereocenters. The monoisotopic (exact) mass is 290 g/mol. The molecule has 21 heavy (non-hydrogen) atoms. The number of carbonyl (C=O) groups is 2. The van der Waals surface area contributed by atoms with E-state index in [1.165, 1.54) is 0 Å². The molecular formula is C16H22N2O3. The Morgan fingerprint density at radius 2 is 2.14 bits per heavy atom. The molecule has 1 fully saturated rings. The number of rotatable bonds is 4. The van der Waals surface area contributed by atoms with Crippen molar-refractivity contribution in [2.75, 3.05) is 25.0 Å². The zero-order valence-electron chi connectivity index (χ0n) is 12.6. The van der Waals surface area contributed by atoms with E-state index in [2.05, 4.69) is 5.32 Å². The number of benzene rings is 1. The minimum Gasteiger partial charge on any atom is -0.492 e. The van der Waals surface area contributed by atoms with Crippen LogP contribution in [0.15, 0.2) is 24.3 Å². The Morgan fingerprint density at radius 1 is 1.38 bits per heavy atom. The lowest BCUT2D eigenvalue weighted by Gasteiger charge is -2.31. The van der Waals surface area contributed by atoms with Gasteiger partial charge in [0.25, 0.3) is 0 Å². The van der Waals surface area contributed by atoms with Crippen LogP contribution in [0.5, 0.6) is 5.75 Å². The molecule has 114 valence electrons. The van der Waals surface area contributed by atoms with Gasteiger partial charge in [-0.25, -0.2) is 0 Å². The lowest BCUT2D eigenvalue weighted by molar-refractivity contribution is -0.132. The molecule has 1 heterocycles. The average molecular weight is 290 g/mol. The quantitative estimate of drug-likeness (QED) is 0.925. The fourth-order valence-corrected chi connectivity index (χ4v) is 2.56. The van der Waals surface area contributed by atoms with Gasteiger partial charge in [-0.1, -0.05) is 12.1 Å². The number of hydrogen-bond acceptors (Lipinski definition) is 3. The van der Waals surface area contributed by atoms with Crippen LogP contribution in [0.25, 0.3) is 0 Å². The van der Waals surface area contributed by atoms with Crippen LogP contribution in [-0.4, -0.2) is 36.4 Å². The Bertz CT molecular complexity index is 516. The molecule has 1 aromatic carbocycles. The normalized spacial score (nSPS) is 18.2. The highest BCUT2D eigenvalue weighted by Crippen LogP contribution is 2.25. The van der Waals surface area contributed by atoms with Crippen molar-refractivity contribution >= 4 is 17.5 Å². The number of amides is 2. The van der Waals surface area contributed by atoms with Crippen LogP contribution >= 0.6 is 0 Å². The number of hydrogen-bond donors (Lipinski definition) is 1. The summed E-state index contributed by atoms with van der Waals surface area (Å²) in [5, 5.41) is 2.92. The maximum absolute atomic E-state index is 12.4. The van der Waals surface area contributed by atoms with Gasteiger partial charge in [-0.15, -0.1) is 0 Å². The third kappa shape index (κ3) is 3.97. The first kappa shape index (κ1) is 15.4. The minimum atomic E-state index is -0.155. The predicted molar refractivity (Wildman–Crippen MR) is 81.2 cm³/mol. The van der Waals surface area contributed by atoms with Gasteiger partial charge in [0.05, 0.1) is 18.2 Å². The summed E-state index contributed by atoms with van der Waals surface area (Å²) in [6.07, 6.45) is 1.68. The van der Waals surface area contributed by atoms with Crippen LogP contribution in [0.4, 0.5) is 5.69 Å². The van der Waals surface area contributed by atoms with Gasteiger partial charge in [0, 0.05) is 20.0 Å². The number of carbonyl (C=O) groups excluding carboxylic acids is 2. The van der Waals surface area contributed by atoms with Crippen molar-refractivity contribution in [3.63, 3.8) is 0 Å². The smallest absolute Gasteiger partial charge is 0.229 e. The van der Waals surface area contributed by atoms with Crippen LogP contribution in [0, 0.1) is 5.92 Å². The predicted octanol–water partition coefficient (Wildman–Crippen LogP) is 2.28. The number of piperidine rings is 1. The molecule has 0 aromatic heterocycles. The molecule has 1 aliphatic heterocycles. The van der Waals surface area contributed by atoms with Crippen LogP contribution in [0.3, 0.4) is 0 Å². The highest BCUT2D eigenvalue weighted by atomic mass is 16.5. The Kier molecular flexibility index (Phi) is 5.20. The Hall–Kier alpha value is -2.04.